The number of rotatable bonds is 7. The molecule has 0 aliphatic carbocycles. The number of thiazole rings is 1. The second-order valence-electron chi connectivity index (χ2n) is 10.1. The molecule has 6 rings (SSSR count). The third kappa shape index (κ3) is 6.41. The zero-order valence-electron chi connectivity index (χ0n) is 23.1. The van der Waals surface area contributed by atoms with Crippen LogP contribution in [0.25, 0.3) is 11.3 Å². The molecule has 2 fully saturated rings. The summed E-state index contributed by atoms with van der Waals surface area (Å²) in [6.45, 7) is 0.942. The second-order valence-corrected chi connectivity index (χ2v) is 11.0. The van der Waals surface area contributed by atoms with E-state index in [1.165, 1.54) is 16.2 Å². The maximum Gasteiger partial charge on any atom is 0.413 e. The number of carbonyl (C=O) groups excluding carboxylic acids is 3. The molecule has 0 saturated carbocycles. The second kappa shape index (κ2) is 12.7. The number of aromatic nitrogens is 2. The van der Waals surface area contributed by atoms with Gasteiger partial charge in [-0.05, 0) is 29.8 Å². The molecule has 220 valence electrons. The highest BCUT2D eigenvalue weighted by molar-refractivity contribution is 7.14. The standard InChI is InChI=1S/C31H29N5O6S/c37-27(33-24-7-4-14-32-17-24)23-10-8-22(9-11-23)25-20-43-29(34-25)35-28(38)26-19-42-31(12-15-40-16-13-31)36(26)30(39)41-18-21-5-2-1-3-6-21/h1-11,14,17,20,26H,12-13,15-16,18-19H2,(H,33,37)(H,34,35,38). The zero-order valence-corrected chi connectivity index (χ0v) is 23.9. The quantitative estimate of drug-likeness (QED) is 0.305. The van der Waals surface area contributed by atoms with Gasteiger partial charge in [0.2, 0.25) is 0 Å². The lowest BCUT2D eigenvalue weighted by atomic mass is 10.0. The van der Waals surface area contributed by atoms with Gasteiger partial charge in [-0.2, -0.15) is 0 Å². The molecule has 0 radical (unpaired) electrons. The van der Waals surface area contributed by atoms with E-state index in [9.17, 15) is 14.4 Å². The molecule has 0 bridgehead atoms. The number of nitrogens with one attached hydrogen (secondary N) is 2. The van der Waals surface area contributed by atoms with Gasteiger partial charge in [0.05, 0.1) is 37.4 Å². The van der Waals surface area contributed by atoms with Gasteiger partial charge in [-0.3, -0.25) is 19.5 Å². The third-order valence-electron chi connectivity index (χ3n) is 7.34. The van der Waals surface area contributed by atoms with Crippen molar-refractivity contribution in [1.29, 1.82) is 0 Å². The van der Waals surface area contributed by atoms with Gasteiger partial charge in [0.25, 0.3) is 11.8 Å². The molecule has 2 aliphatic heterocycles. The van der Waals surface area contributed by atoms with Gasteiger partial charge in [-0.25, -0.2) is 9.78 Å². The van der Waals surface area contributed by atoms with Crippen LogP contribution in [0.4, 0.5) is 15.6 Å². The van der Waals surface area contributed by atoms with Crippen molar-refractivity contribution >= 4 is 40.1 Å². The van der Waals surface area contributed by atoms with Gasteiger partial charge in [0.1, 0.15) is 12.6 Å². The minimum absolute atomic E-state index is 0.0348. The number of nitrogens with zero attached hydrogens (tertiary/aromatic N) is 3. The summed E-state index contributed by atoms with van der Waals surface area (Å²) in [6, 6.07) is 19.0. The van der Waals surface area contributed by atoms with Crippen LogP contribution in [0, 0.1) is 0 Å². The minimum atomic E-state index is -0.965. The van der Waals surface area contributed by atoms with E-state index in [0.717, 1.165) is 11.1 Å². The number of hydrogen-bond acceptors (Lipinski definition) is 9. The van der Waals surface area contributed by atoms with Crippen LogP contribution in [-0.4, -0.2) is 64.4 Å². The first-order valence-corrected chi connectivity index (χ1v) is 14.7. The van der Waals surface area contributed by atoms with Crippen LogP contribution in [-0.2, 0) is 25.6 Å². The lowest BCUT2D eigenvalue weighted by molar-refractivity contribution is -0.140. The number of pyridine rings is 1. The number of amides is 3. The van der Waals surface area contributed by atoms with Gasteiger partial charge < -0.3 is 24.8 Å². The molecular formula is C31H29N5O6S. The van der Waals surface area contributed by atoms with Crippen LogP contribution in [0.2, 0.25) is 0 Å². The molecule has 11 nitrogen and oxygen atoms in total. The van der Waals surface area contributed by atoms with Crippen molar-refractivity contribution in [2.24, 2.45) is 0 Å². The number of carbonyl (C=O) groups is 3. The Labute approximate surface area is 251 Å². The molecule has 4 aromatic rings. The van der Waals surface area contributed by atoms with Crippen LogP contribution in [0.3, 0.4) is 0 Å². The Morgan fingerprint density at radius 1 is 1.00 bits per heavy atom. The number of ether oxygens (including phenoxy) is 3. The lowest BCUT2D eigenvalue weighted by Gasteiger charge is -2.40. The molecule has 2 aliphatic rings. The van der Waals surface area contributed by atoms with Crippen molar-refractivity contribution in [3.8, 4) is 11.3 Å². The van der Waals surface area contributed by atoms with Crippen LogP contribution in [0.15, 0.2) is 84.5 Å². The van der Waals surface area contributed by atoms with Crippen molar-refractivity contribution in [2.45, 2.75) is 31.2 Å². The topological polar surface area (TPSA) is 132 Å². The Hall–Kier alpha value is -4.65. The fraction of sp³-hybridized carbons (Fsp3) is 0.258. The summed E-state index contributed by atoms with van der Waals surface area (Å²) in [4.78, 5) is 49.4. The average molecular weight is 600 g/mol. The summed E-state index contributed by atoms with van der Waals surface area (Å²) in [5.74, 6) is -0.665. The minimum Gasteiger partial charge on any atom is -0.444 e. The molecule has 2 saturated heterocycles. The SMILES string of the molecule is O=C(Nc1cccnc1)c1ccc(-c2csc(NC(=O)C3COC4(CCOCC4)N3C(=O)OCc3ccccc3)n2)cc1. The summed E-state index contributed by atoms with van der Waals surface area (Å²) in [7, 11) is 0. The van der Waals surface area contributed by atoms with Crippen LogP contribution in [0.1, 0.15) is 28.8 Å². The lowest BCUT2D eigenvalue weighted by Crippen LogP contribution is -2.56. The summed E-state index contributed by atoms with van der Waals surface area (Å²) in [6.07, 6.45) is 3.47. The van der Waals surface area contributed by atoms with Crippen molar-refractivity contribution in [1.82, 2.24) is 14.9 Å². The van der Waals surface area contributed by atoms with Crippen LogP contribution in [0.5, 0.6) is 0 Å². The first-order valence-electron chi connectivity index (χ1n) is 13.8. The highest BCUT2D eigenvalue weighted by Crippen LogP contribution is 2.38. The van der Waals surface area contributed by atoms with E-state index in [-0.39, 0.29) is 19.1 Å². The van der Waals surface area contributed by atoms with Gasteiger partial charge >= 0.3 is 6.09 Å². The molecule has 43 heavy (non-hydrogen) atoms. The Bertz CT molecular complexity index is 1580. The molecular weight excluding hydrogens is 570 g/mol. The molecule has 3 amide bonds. The largest absolute Gasteiger partial charge is 0.444 e. The van der Waals surface area contributed by atoms with Crippen molar-refractivity contribution < 1.29 is 28.6 Å². The number of anilines is 2. The van der Waals surface area contributed by atoms with Crippen LogP contribution >= 0.6 is 11.3 Å². The smallest absolute Gasteiger partial charge is 0.413 e. The van der Waals surface area contributed by atoms with Gasteiger partial charge in [-0.1, -0.05) is 42.5 Å². The fourth-order valence-electron chi connectivity index (χ4n) is 5.10. The van der Waals surface area contributed by atoms with E-state index >= 15 is 0 Å². The monoisotopic (exact) mass is 599 g/mol. The van der Waals surface area contributed by atoms with Gasteiger partial charge in [0, 0.05) is 35.5 Å². The Morgan fingerprint density at radius 2 is 1.79 bits per heavy atom. The maximum absolute atomic E-state index is 13.5. The van der Waals surface area contributed by atoms with Crippen molar-refractivity contribution in [3.05, 3.63) is 95.6 Å². The maximum atomic E-state index is 13.5. The average Bonchev–Trinajstić information content (AvgIpc) is 3.66. The third-order valence-corrected chi connectivity index (χ3v) is 8.09. The first kappa shape index (κ1) is 28.5. The Morgan fingerprint density at radius 3 is 2.53 bits per heavy atom. The molecule has 4 heterocycles. The number of benzene rings is 2. The van der Waals surface area contributed by atoms with Gasteiger partial charge in [-0.15, -0.1) is 11.3 Å². The Kier molecular flexibility index (Phi) is 8.40. The van der Waals surface area contributed by atoms with Crippen molar-refractivity contribution in [2.75, 3.05) is 30.5 Å². The zero-order chi connectivity index (χ0) is 29.6. The summed E-state index contributed by atoms with van der Waals surface area (Å²) >= 11 is 1.26. The summed E-state index contributed by atoms with van der Waals surface area (Å²) in [5, 5.41) is 7.85. The van der Waals surface area contributed by atoms with E-state index in [0.29, 0.717) is 48.1 Å². The number of hydrogen-bond donors (Lipinski definition) is 2. The first-order chi connectivity index (χ1) is 21.0. The predicted octanol–water partition coefficient (Wildman–Crippen LogP) is 4.94. The highest BCUT2D eigenvalue weighted by atomic mass is 32.1. The van der Waals surface area contributed by atoms with E-state index < -0.39 is 23.8 Å². The molecule has 2 aromatic carbocycles. The molecule has 1 spiro atoms. The summed E-state index contributed by atoms with van der Waals surface area (Å²) in [5.41, 5.74) is 2.39. The van der Waals surface area contributed by atoms with E-state index in [2.05, 4.69) is 20.6 Å². The highest BCUT2D eigenvalue weighted by Gasteiger charge is 2.54. The van der Waals surface area contributed by atoms with E-state index in [4.69, 9.17) is 14.2 Å². The normalized spacial score (nSPS) is 17.4. The van der Waals surface area contributed by atoms with E-state index in [1.54, 1.807) is 48.8 Å². The van der Waals surface area contributed by atoms with Crippen molar-refractivity contribution in [3.63, 3.8) is 0 Å². The molecule has 2 aromatic heterocycles. The Balaban J connectivity index is 1.12. The molecule has 1 atom stereocenters. The van der Waals surface area contributed by atoms with Gasteiger partial charge in [0.15, 0.2) is 10.9 Å². The summed E-state index contributed by atoms with van der Waals surface area (Å²) < 4.78 is 17.3. The molecule has 12 heteroatoms. The molecule has 1 unspecified atom stereocenters. The fourth-order valence-corrected chi connectivity index (χ4v) is 5.82. The predicted molar refractivity (Wildman–Crippen MR) is 159 cm³/mol. The van der Waals surface area contributed by atoms with E-state index in [1.807, 2.05) is 35.7 Å². The molecule has 2 N–H and O–H groups in total. The van der Waals surface area contributed by atoms with Crippen LogP contribution < -0.4 is 10.6 Å².